The minimum Gasteiger partial charge on any atom is -0.508 e. The number of nitrogens with zero attached hydrogens (tertiary/aromatic N) is 2. The number of likely N-dealkylation sites (N-methyl/N-ethyl adjacent to an activating group) is 1. The van der Waals surface area contributed by atoms with Crippen LogP contribution in [0.3, 0.4) is 0 Å². The molecule has 0 aromatic heterocycles. The molecular formula is C15H22FN3O2. The van der Waals surface area contributed by atoms with Crippen LogP contribution >= 0.6 is 0 Å². The van der Waals surface area contributed by atoms with Gasteiger partial charge in [0.25, 0.3) is 0 Å². The first-order chi connectivity index (χ1) is 9.91. The van der Waals surface area contributed by atoms with Gasteiger partial charge in [0.05, 0.1) is 0 Å². The van der Waals surface area contributed by atoms with Gasteiger partial charge in [-0.25, -0.2) is 4.39 Å². The van der Waals surface area contributed by atoms with Crippen LogP contribution in [0.5, 0.6) is 5.75 Å². The van der Waals surface area contributed by atoms with Gasteiger partial charge in [0.1, 0.15) is 17.6 Å². The Morgan fingerprint density at radius 2 is 2.24 bits per heavy atom. The molecular weight excluding hydrogens is 273 g/mol. The summed E-state index contributed by atoms with van der Waals surface area (Å²) in [5.41, 5.74) is 0.634. The van der Waals surface area contributed by atoms with Crippen molar-refractivity contribution in [2.45, 2.75) is 19.0 Å². The van der Waals surface area contributed by atoms with Crippen LogP contribution in [0, 0.1) is 5.82 Å². The van der Waals surface area contributed by atoms with E-state index < -0.39 is 5.82 Å². The largest absolute Gasteiger partial charge is 0.508 e. The monoisotopic (exact) mass is 295 g/mol. The molecule has 0 spiro atoms. The maximum atomic E-state index is 13.1. The molecule has 0 saturated carbocycles. The number of carbonyl (C=O) groups excluding carboxylic acids is 1. The van der Waals surface area contributed by atoms with Crippen molar-refractivity contribution in [2.24, 2.45) is 0 Å². The summed E-state index contributed by atoms with van der Waals surface area (Å²) in [4.78, 5) is 15.9. The molecule has 2 unspecified atom stereocenters. The summed E-state index contributed by atoms with van der Waals surface area (Å²) < 4.78 is 13.1. The molecule has 1 amide bonds. The molecule has 1 fully saturated rings. The maximum Gasteiger partial charge on any atom is 0.240 e. The number of halogens is 1. The number of rotatable bonds is 3. The Morgan fingerprint density at radius 3 is 2.86 bits per heavy atom. The van der Waals surface area contributed by atoms with Gasteiger partial charge in [0, 0.05) is 51.4 Å². The molecule has 1 heterocycles. The number of hydrogen-bond acceptors (Lipinski definition) is 4. The number of phenols is 1. The molecule has 2 N–H and O–H groups in total. The van der Waals surface area contributed by atoms with Crippen molar-refractivity contribution in [3.8, 4) is 5.75 Å². The quantitative estimate of drug-likeness (QED) is 0.872. The molecule has 5 nitrogen and oxygen atoms in total. The smallest absolute Gasteiger partial charge is 0.240 e. The molecule has 2 rings (SSSR count). The van der Waals surface area contributed by atoms with E-state index in [1.54, 1.807) is 25.1 Å². The van der Waals surface area contributed by atoms with E-state index >= 15 is 0 Å². The van der Waals surface area contributed by atoms with Crippen molar-refractivity contribution >= 4 is 5.91 Å². The minimum absolute atomic E-state index is 0.0238. The molecule has 0 radical (unpaired) electrons. The molecule has 21 heavy (non-hydrogen) atoms. The lowest BCUT2D eigenvalue weighted by atomic mass is 10.0. The lowest BCUT2D eigenvalue weighted by Crippen LogP contribution is -2.58. The highest BCUT2D eigenvalue weighted by molar-refractivity contribution is 5.81. The number of phenolic OH excluding ortho intramolecular Hbond substituents is 1. The number of carbonyl (C=O) groups is 1. The third-order valence-corrected chi connectivity index (χ3v) is 3.95. The van der Waals surface area contributed by atoms with Crippen molar-refractivity contribution in [3.05, 3.63) is 29.6 Å². The maximum absolute atomic E-state index is 13.1. The molecule has 0 aliphatic carbocycles. The van der Waals surface area contributed by atoms with Gasteiger partial charge >= 0.3 is 0 Å². The number of hydrogen-bond donors (Lipinski definition) is 2. The molecule has 116 valence electrons. The Labute approximate surface area is 124 Å². The molecule has 1 saturated heterocycles. The van der Waals surface area contributed by atoms with Crippen LogP contribution in [-0.4, -0.2) is 60.6 Å². The summed E-state index contributed by atoms with van der Waals surface area (Å²) >= 11 is 0. The van der Waals surface area contributed by atoms with Crippen LogP contribution in [0.25, 0.3) is 0 Å². The van der Waals surface area contributed by atoms with Gasteiger partial charge in [-0.1, -0.05) is 6.07 Å². The molecule has 6 heteroatoms. The second kappa shape index (κ2) is 6.41. The van der Waals surface area contributed by atoms with Crippen LogP contribution in [-0.2, 0) is 4.79 Å². The summed E-state index contributed by atoms with van der Waals surface area (Å²) in [7, 11) is 3.46. The van der Waals surface area contributed by atoms with Crippen molar-refractivity contribution in [1.29, 1.82) is 0 Å². The summed E-state index contributed by atoms with van der Waals surface area (Å²) in [6.07, 6.45) is 0. The van der Waals surface area contributed by atoms with E-state index in [2.05, 4.69) is 5.32 Å². The van der Waals surface area contributed by atoms with Gasteiger partial charge in [-0.2, -0.15) is 0 Å². The lowest BCUT2D eigenvalue weighted by molar-refractivity contribution is -0.136. The minimum atomic E-state index is -0.468. The average molecular weight is 295 g/mol. The Kier molecular flexibility index (Phi) is 4.80. The van der Waals surface area contributed by atoms with E-state index in [0.717, 1.165) is 12.6 Å². The summed E-state index contributed by atoms with van der Waals surface area (Å²) in [6.45, 7) is 3.98. The first kappa shape index (κ1) is 15.7. The summed E-state index contributed by atoms with van der Waals surface area (Å²) in [6, 6.07) is 3.57. The fourth-order valence-corrected chi connectivity index (χ4v) is 2.76. The number of aromatic hydroxyl groups is 1. The fraction of sp³-hybridized carbons (Fsp3) is 0.533. The van der Waals surface area contributed by atoms with Crippen molar-refractivity contribution < 1.29 is 14.3 Å². The second-order valence-corrected chi connectivity index (χ2v) is 5.57. The predicted octanol–water partition coefficient (Wildman–Crippen LogP) is 0.954. The lowest BCUT2D eigenvalue weighted by Gasteiger charge is -2.40. The molecule has 1 aliphatic rings. The highest BCUT2D eigenvalue weighted by atomic mass is 19.1. The van der Waals surface area contributed by atoms with Crippen LogP contribution in [0.1, 0.15) is 18.5 Å². The van der Waals surface area contributed by atoms with Crippen LogP contribution in [0.15, 0.2) is 18.2 Å². The van der Waals surface area contributed by atoms with E-state index in [4.69, 9.17) is 0 Å². The number of benzene rings is 1. The molecule has 1 aliphatic heterocycles. The van der Waals surface area contributed by atoms with Gasteiger partial charge in [-0.3, -0.25) is 9.69 Å². The third-order valence-electron chi connectivity index (χ3n) is 3.95. The third kappa shape index (κ3) is 3.33. The van der Waals surface area contributed by atoms with Gasteiger partial charge in [0.2, 0.25) is 5.91 Å². The van der Waals surface area contributed by atoms with E-state index in [1.807, 2.05) is 11.8 Å². The van der Waals surface area contributed by atoms with Gasteiger partial charge in [-0.15, -0.1) is 0 Å². The zero-order valence-corrected chi connectivity index (χ0v) is 12.6. The Hall–Kier alpha value is -1.66. The van der Waals surface area contributed by atoms with Crippen LogP contribution in [0.2, 0.25) is 0 Å². The summed E-state index contributed by atoms with van der Waals surface area (Å²) in [5, 5.41) is 13.2. The van der Waals surface area contributed by atoms with Crippen LogP contribution < -0.4 is 5.32 Å². The van der Waals surface area contributed by atoms with Gasteiger partial charge in [-0.05, 0) is 13.0 Å². The standard InChI is InChI=1S/C15H22FN3O2/c1-10(12-5-4-11(16)8-14(12)20)19-7-6-17-9-13(19)15(21)18(2)3/h4-5,8,10,13,17,20H,6-7,9H2,1-3H3. The van der Waals surface area contributed by atoms with Crippen LogP contribution in [0.4, 0.5) is 4.39 Å². The average Bonchev–Trinajstić information content (AvgIpc) is 2.45. The second-order valence-electron chi connectivity index (χ2n) is 5.57. The van der Waals surface area contributed by atoms with E-state index in [0.29, 0.717) is 18.7 Å². The molecule has 2 atom stereocenters. The fourth-order valence-electron chi connectivity index (χ4n) is 2.76. The Balaban J connectivity index is 2.26. The predicted molar refractivity (Wildman–Crippen MR) is 78.5 cm³/mol. The molecule has 1 aromatic rings. The van der Waals surface area contributed by atoms with Crippen molar-refractivity contribution in [3.63, 3.8) is 0 Å². The first-order valence-corrected chi connectivity index (χ1v) is 7.08. The van der Waals surface area contributed by atoms with Gasteiger partial charge in [0.15, 0.2) is 0 Å². The highest BCUT2D eigenvalue weighted by Crippen LogP contribution is 2.30. The Bertz CT molecular complexity index is 522. The normalized spacial score (nSPS) is 21.0. The Morgan fingerprint density at radius 1 is 1.52 bits per heavy atom. The summed E-state index contributed by atoms with van der Waals surface area (Å²) in [5.74, 6) is -0.516. The van der Waals surface area contributed by atoms with Crippen molar-refractivity contribution in [2.75, 3.05) is 33.7 Å². The van der Waals surface area contributed by atoms with E-state index in [9.17, 15) is 14.3 Å². The number of amides is 1. The van der Waals surface area contributed by atoms with Crippen molar-refractivity contribution in [1.82, 2.24) is 15.1 Å². The molecule has 0 bridgehead atoms. The van der Waals surface area contributed by atoms with E-state index in [-0.39, 0.29) is 23.7 Å². The molecule has 1 aromatic carbocycles. The zero-order chi connectivity index (χ0) is 15.6. The van der Waals surface area contributed by atoms with Gasteiger partial charge < -0.3 is 15.3 Å². The highest BCUT2D eigenvalue weighted by Gasteiger charge is 2.33. The topological polar surface area (TPSA) is 55.8 Å². The number of piperazine rings is 1. The first-order valence-electron chi connectivity index (χ1n) is 7.08. The van der Waals surface area contributed by atoms with E-state index in [1.165, 1.54) is 6.07 Å². The zero-order valence-electron chi connectivity index (χ0n) is 12.6. The number of nitrogens with one attached hydrogen (secondary N) is 1. The SMILES string of the molecule is CC(c1ccc(F)cc1O)N1CCNCC1C(=O)N(C)C.